The molecule has 6 nitrogen and oxygen atoms in total. The van der Waals surface area contributed by atoms with E-state index in [4.69, 9.17) is 4.74 Å². The van der Waals surface area contributed by atoms with E-state index in [1.54, 1.807) is 7.11 Å². The predicted molar refractivity (Wildman–Crippen MR) is 79.2 cm³/mol. The number of benzene rings is 1. The Bertz CT molecular complexity index is 562. The smallest absolute Gasteiger partial charge is 0.173 e. The van der Waals surface area contributed by atoms with Crippen LogP contribution in [-0.4, -0.2) is 51.4 Å². The Balaban J connectivity index is 1.77. The first kappa shape index (κ1) is 14.2. The second kappa shape index (κ2) is 6.32. The largest absolute Gasteiger partial charge is 0.381 e. The molecule has 2 aromatic rings. The van der Waals surface area contributed by atoms with Crippen LogP contribution in [0.2, 0.25) is 0 Å². The molecule has 1 aromatic carbocycles. The van der Waals surface area contributed by atoms with Gasteiger partial charge in [-0.15, -0.1) is 5.10 Å². The van der Waals surface area contributed by atoms with Crippen molar-refractivity contribution in [3.8, 4) is 5.69 Å². The fraction of sp³-hybridized carbons (Fsp3) is 0.533. The summed E-state index contributed by atoms with van der Waals surface area (Å²) in [5, 5.41) is 12.2. The van der Waals surface area contributed by atoms with Crippen LogP contribution in [0, 0.1) is 0 Å². The number of methoxy groups -OCH3 is 1. The molecule has 112 valence electrons. The van der Waals surface area contributed by atoms with Crippen LogP contribution in [0.1, 0.15) is 31.6 Å². The van der Waals surface area contributed by atoms with Crippen LogP contribution >= 0.6 is 0 Å². The van der Waals surface area contributed by atoms with Crippen molar-refractivity contribution in [2.75, 3.05) is 20.2 Å². The number of rotatable bonds is 4. The van der Waals surface area contributed by atoms with E-state index in [9.17, 15) is 0 Å². The molecule has 3 rings (SSSR count). The van der Waals surface area contributed by atoms with Gasteiger partial charge in [0.1, 0.15) is 0 Å². The van der Waals surface area contributed by atoms with E-state index < -0.39 is 0 Å². The third-order valence-corrected chi connectivity index (χ3v) is 4.23. The molecule has 0 aliphatic carbocycles. The SMILES string of the molecule is COC1CCN(C(C)c2nnnn2-c2ccccc2)CC1. The maximum atomic E-state index is 5.43. The summed E-state index contributed by atoms with van der Waals surface area (Å²) < 4.78 is 7.26. The molecule has 2 heterocycles. The van der Waals surface area contributed by atoms with Crippen molar-refractivity contribution in [2.45, 2.75) is 31.9 Å². The highest BCUT2D eigenvalue weighted by Gasteiger charge is 2.26. The first-order valence-electron chi connectivity index (χ1n) is 7.40. The van der Waals surface area contributed by atoms with Crippen LogP contribution < -0.4 is 0 Å². The molecular weight excluding hydrogens is 266 g/mol. The Kier molecular flexibility index (Phi) is 4.26. The lowest BCUT2D eigenvalue weighted by Crippen LogP contribution is -2.39. The van der Waals surface area contributed by atoms with E-state index in [0.717, 1.165) is 37.4 Å². The normalized spacial score (nSPS) is 18.8. The Morgan fingerprint density at radius 2 is 1.90 bits per heavy atom. The van der Waals surface area contributed by atoms with Crippen LogP contribution in [0.15, 0.2) is 30.3 Å². The lowest BCUT2D eigenvalue weighted by Gasteiger charge is -2.34. The Labute approximate surface area is 124 Å². The van der Waals surface area contributed by atoms with Gasteiger partial charge in [0.2, 0.25) is 0 Å². The van der Waals surface area contributed by atoms with Gasteiger partial charge in [0.15, 0.2) is 5.82 Å². The molecule has 0 saturated carbocycles. The van der Waals surface area contributed by atoms with Crippen molar-refractivity contribution in [3.05, 3.63) is 36.2 Å². The minimum Gasteiger partial charge on any atom is -0.381 e. The minimum absolute atomic E-state index is 0.193. The first-order valence-corrected chi connectivity index (χ1v) is 7.40. The van der Waals surface area contributed by atoms with Gasteiger partial charge in [-0.3, -0.25) is 4.90 Å². The maximum absolute atomic E-state index is 5.43. The van der Waals surface area contributed by atoms with Crippen molar-refractivity contribution in [1.82, 2.24) is 25.1 Å². The summed E-state index contributed by atoms with van der Waals surface area (Å²) >= 11 is 0. The number of tetrazole rings is 1. The Morgan fingerprint density at radius 1 is 1.19 bits per heavy atom. The molecule has 0 amide bonds. The van der Waals surface area contributed by atoms with Gasteiger partial charge >= 0.3 is 0 Å². The zero-order chi connectivity index (χ0) is 14.7. The molecule has 1 fully saturated rings. The maximum Gasteiger partial charge on any atom is 0.173 e. The van der Waals surface area contributed by atoms with Gasteiger partial charge in [0.05, 0.1) is 17.8 Å². The summed E-state index contributed by atoms with van der Waals surface area (Å²) in [6, 6.07) is 10.2. The summed E-state index contributed by atoms with van der Waals surface area (Å²) in [6.07, 6.45) is 2.51. The number of nitrogens with zero attached hydrogens (tertiary/aromatic N) is 5. The van der Waals surface area contributed by atoms with Gasteiger partial charge in [-0.2, -0.15) is 4.68 Å². The van der Waals surface area contributed by atoms with E-state index in [2.05, 4.69) is 27.3 Å². The number of hydrogen-bond donors (Lipinski definition) is 0. The zero-order valence-electron chi connectivity index (χ0n) is 12.5. The van der Waals surface area contributed by atoms with Gasteiger partial charge in [-0.05, 0) is 42.3 Å². The third kappa shape index (κ3) is 2.96. The van der Waals surface area contributed by atoms with Crippen molar-refractivity contribution < 1.29 is 4.74 Å². The van der Waals surface area contributed by atoms with E-state index in [0.29, 0.717) is 6.10 Å². The minimum atomic E-state index is 0.193. The van der Waals surface area contributed by atoms with Gasteiger partial charge in [-0.1, -0.05) is 18.2 Å². The average molecular weight is 287 g/mol. The highest BCUT2D eigenvalue weighted by molar-refractivity contribution is 5.30. The molecule has 1 aliphatic heterocycles. The second-order valence-corrected chi connectivity index (χ2v) is 5.43. The van der Waals surface area contributed by atoms with E-state index in [1.807, 2.05) is 35.0 Å². The number of aromatic nitrogens is 4. The fourth-order valence-electron chi connectivity index (χ4n) is 2.87. The standard InChI is InChI=1S/C15H21N5O/c1-12(19-10-8-14(21-2)9-11-19)15-16-17-18-20(15)13-6-4-3-5-7-13/h3-7,12,14H,8-11H2,1-2H3. The predicted octanol–water partition coefficient (Wildman–Crippen LogP) is 1.83. The summed E-state index contributed by atoms with van der Waals surface area (Å²) in [4.78, 5) is 2.42. The van der Waals surface area contributed by atoms with Gasteiger partial charge in [0.25, 0.3) is 0 Å². The van der Waals surface area contributed by atoms with Crippen molar-refractivity contribution in [3.63, 3.8) is 0 Å². The first-order chi connectivity index (χ1) is 10.3. The second-order valence-electron chi connectivity index (χ2n) is 5.43. The fourth-order valence-corrected chi connectivity index (χ4v) is 2.87. The lowest BCUT2D eigenvalue weighted by molar-refractivity contribution is 0.0279. The molecule has 0 spiro atoms. The molecule has 0 bridgehead atoms. The van der Waals surface area contributed by atoms with Gasteiger partial charge < -0.3 is 4.74 Å². The van der Waals surface area contributed by atoms with E-state index >= 15 is 0 Å². The molecule has 0 radical (unpaired) electrons. The lowest BCUT2D eigenvalue weighted by atomic mass is 10.1. The molecule has 6 heteroatoms. The monoisotopic (exact) mass is 287 g/mol. The van der Waals surface area contributed by atoms with Gasteiger partial charge in [-0.25, -0.2) is 0 Å². The van der Waals surface area contributed by atoms with Gasteiger partial charge in [0, 0.05) is 20.2 Å². The summed E-state index contributed by atoms with van der Waals surface area (Å²) in [7, 11) is 1.79. The Morgan fingerprint density at radius 3 is 2.57 bits per heavy atom. The number of hydrogen-bond acceptors (Lipinski definition) is 5. The van der Waals surface area contributed by atoms with Crippen molar-refractivity contribution in [2.24, 2.45) is 0 Å². The van der Waals surface area contributed by atoms with Crippen LogP contribution in [0.25, 0.3) is 5.69 Å². The molecule has 1 saturated heterocycles. The topological polar surface area (TPSA) is 56.1 Å². The van der Waals surface area contributed by atoms with Crippen LogP contribution in [0.5, 0.6) is 0 Å². The molecule has 1 atom stereocenters. The van der Waals surface area contributed by atoms with Crippen molar-refractivity contribution >= 4 is 0 Å². The van der Waals surface area contributed by atoms with E-state index in [-0.39, 0.29) is 6.04 Å². The molecule has 1 aromatic heterocycles. The molecule has 1 unspecified atom stereocenters. The number of piperidine rings is 1. The highest BCUT2D eigenvalue weighted by atomic mass is 16.5. The summed E-state index contributed by atoms with van der Waals surface area (Å²) in [5.74, 6) is 0.886. The molecule has 21 heavy (non-hydrogen) atoms. The van der Waals surface area contributed by atoms with Crippen LogP contribution in [0.3, 0.4) is 0 Å². The number of likely N-dealkylation sites (tertiary alicyclic amines) is 1. The summed E-state index contributed by atoms with van der Waals surface area (Å²) in [6.45, 7) is 4.20. The van der Waals surface area contributed by atoms with Crippen LogP contribution in [-0.2, 0) is 4.74 Å². The molecule has 0 N–H and O–H groups in total. The summed E-state index contributed by atoms with van der Waals surface area (Å²) in [5.41, 5.74) is 0.996. The Hall–Kier alpha value is -1.79. The van der Waals surface area contributed by atoms with E-state index in [1.165, 1.54) is 0 Å². The molecule has 1 aliphatic rings. The zero-order valence-corrected chi connectivity index (χ0v) is 12.5. The number of ether oxygens (including phenoxy) is 1. The highest BCUT2D eigenvalue weighted by Crippen LogP contribution is 2.24. The van der Waals surface area contributed by atoms with Crippen molar-refractivity contribution in [1.29, 1.82) is 0 Å². The average Bonchev–Trinajstić information content (AvgIpc) is 3.04. The van der Waals surface area contributed by atoms with Crippen LogP contribution in [0.4, 0.5) is 0 Å². The molecular formula is C15H21N5O. The number of para-hydroxylation sites is 1. The quantitative estimate of drug-likeness (QED) is 0.858. The third-order valence-electron chi connectivity index (χ3n) is 4.23.